The molecule has 6 heteroatoms. The summed E-state index contributed by atoms with van der Waals surface area (Å²) >= 11 is 0. The summed E-state index contributed by atoms with van der Waals surface area (Å²) in [6, 6.07) is 1.12. The second-order valence-electron chi connectivity index (χ2n) is 7.27. The number of hydrogen-bond donors (Lipinski definition) is 2. The van der Waals surface area contributed by atoms with E-state index in [1.807, 2.05) is 0 Å². The van der Waals surface area contributed by atoms with Crippen molar-refractivity contribution in [3.63, 3.8) is 0 Å². The standard InChI is InChI=1S/C19H40N4O2/c1-6-20-19(22-10-11-23(16(2)3)17(4)5)21-9-7-12-24-14-18-8-13-25-15-18/h16-18H,6-15H2,1-5H3,(H2,20,21,22). The Hall–Kier alpha value is -0.850. The minimum Gasteiger partial charge on any atom is -0.381 e. The molecule has 0 amide bonds. The number of guanidine groups is 1. The minimum atomic E-state index is 0.559. The van der Waals surface area contributed by atoms with Crippen LogP contribution in [-0.2, 0) is 9.47 Å². The van der Waals surface area contributed by atoms with Crippen LogP contribution in [0.15, 0.2) is 4.99 Å². The highest BCUT2D eigenvalue weighted by atomic mass is 16.5. The topological polar surface area (TPSA) is 58.1 Å². The maximum absolute atomic E-state index is 5.73. The lowest BCUT2D eigenvalue weighted by atomic mass is 10.1. The Labute approximate surface area is 154 Å². The Kier molecular flexibility index (Phi) is 11.9. The third-order valence-electron chi connectivity index (χ3n) is 4.43. The van der Waals surface area contributed by atoms with Crippen molar-refractivity contribution < 1.29 is 9.47 Å². The first-order valence-corrected chi connectivity index (χ1v) is 9.98. The summed E-state index contributed by atoms with van der Waals surface area (Å²) in [5, 5.41) is 6.75. The van der Waals surface area contributed by atoms with Crippen LogP contribution in [0.2, 0.25) is 0 Å². The molecule has 1 fully saturated rings. The Morgan fingerprint density at radius 3 is 2.60 bits per heavy atom. The van der Waals surface area contributed by atoms with Crippen LogP contribution in [0.3, 0.4) is 0 Å². The van der Waals surface area contributed by atoms with Crippen LogP contribution in [0.5, 0.6) is 0 Å². The lowest BCUT2D eigenvalue weighted by Crippen LogP contribution is -2.45. The minimum absolute atomic E-state index is 0.559. The highest BCUT2D eigenvalue weighted by Gasteiger charge is 2.15. The first-order chi connectivity index (χ1) is 12.0. The first-order valence-electron chi connectivity index (χ1n) is 9.98. The van der Waals surface area contributed by atoms with E-state index >= 15 is 0 Å². The Balaban J connectivity index is 2.19. The summed E-state index contributed by atoms with van der Waals surface area (Å²) in [5.74, 6) is 1.49. The van der Waals surface area contributed by atoms with Gasteiger partial charge in [0.1, 0.15) is 0 Å². The molecule has 0 aromatic rings. The average molecular weight is 357 g/mol. The van der Waals surface area contributed by atoms with Gasteiger partial charge in [-0.25, -0.2) is 0 Å². The molecule has 1 rings (SSSR count). The molecule has 1 heterocycles. The van der Waals surface area contributed by atoms with E-state index in [9.17, 15) is 0 Å². The normalized spacial score (nSPS) is 18.6. The van der Waals surface area contributed by atoms with Gasteiger partial charge >= 0.3 is 0 Å². The molecular weight excluding hydrogens is 316 g/mol. The molecule has 0 radical (unpaired) electrons. The van der Waals surface area contributed by atoms with Gasteiger partial charge in [0, 0.05) is 57.4 Å². The molecule has 0 saturated carbocycles. The van der Waals surface area contributed by atoms with Gasteiger partial charge in [-0.05, 0) is 47.5 Å². The Bertz CT molecular complexity index is 347. The average Bonchev–Trinajstić information content (AvgIpc) is 3.07. The fourth-order valence-corrected chi connectivity index (χ4v) is 3.08. The van der Waals surface area contributed by atoms with Crippen molar-refractivity contribution in [2.45, 2.75) is 59.5 Å². The van der Waals surface area contributed by atoms with Crippen LogP contribution in [0.25, 0.3) is 0 Å². The van der Waals surface area contributed by atoms with Crippen LogP contribution in [0.4, 0.5) is 0 Å². The Morgan fingerprint density at radius 1 is 1.24 bits per heavy atom. The number of nitrogens with one attached hydrogen (secondary N) is 2. The van der Waals surface area contributed by atoms with Crippen LogP contribution in [-0.4, -0.2) is 75.5 Å². The van der Waals surface area contributed by atoms with Crippen molar-refractivity contribution >= 4 is 5.96 Å². The Morgan fingerprint density at radius 2 is 2.00 bits per heavy atom. The molecule has 1 aliphatic rings. The zero-order chi connectivity index (χ0) is 18.5. The van der Waals surface area contributed by atoms with Gasteiger partial charge in [-0.1, -0.05) is 0 Å². The summed E-state index contributed by atoms with van der Waals surface area (Å²) in [6.45, 7) is 18.0. The molecular formula is C19H40N4O2. The number of rotatable bonds is 12. The second-order valence-corrected chi connectivity index (χ2v) is 7.27. The molecule has 1 aliphatic heterocycles. The summed E-state index contributed by atoms with van der Waals surface area (Å²) in [5.41, 5.74) is 0. The summed E-state index contributed by atoms with van der Waals surface area (Å²) < 4.78 is 11.1. The fourth-order valence-electron chi connectivity index (χ4n) is 3.08. The van der Waals surface area contributed by atoms with E-state index in [2.05, 4.69) is 55.1 Å². The molecule has 1 unspecified atom stereocenters. The second kappa shape index (κ2) is 13.4. The summed E-state index contributed by atoms with van der Waals surface area (Å²) in [6.07, 6.45) is 2.09. The van der Waals surface area contributed by atoms with Crippen LogP contribution in [0.1, 0.15) is 47.5 Å². The molecule has 148 valence electrons. The van der Waals surface area contributed by atoms with Crippen LogP contribution < -0.4 is 10.6 Å². The van der Waals surface area contributed by atoms with E-state index in [1.165, 1.54) is 0 Å². The zero-order valence-corrected chi connectivity index (χ0v) is 17.0. The fraction of sp³-hybridized carbons (Fsp3) is 0.947. The van der Waals surface area contributed by atoms with Gasteiger partial charge in [0.2, 0.25) is 0 Å². The highest BCUT2D eigenvalue weighted by Crippen LogP contribution is 2.12. The van der Waals surface area contributed by atoms with Gasteiger partial charge in [0.25, 0.3) is 0 Å². The largest absolute Gasteiger partial charge is 0.381 e. The van der Waals surface area contributed by atoms with E-state index in [0.717, 1.165) is 71.4 Å². The summed E-state index contributed by atoms with van der Waals surface area (Å²) in [4.78, 5) is 7.12. The molecule has 0 aliphatic carbocycles. The van der Waals surface area contributed by atoms with E-state index in [-0.39, 0.29) is 0 Å². The quantitative estimate of drug-likeness (QED) is 0.319. The maximum atomic E-state index is 5.73. The molecule has 1 atom stereocenters. The van der Waals surface area contributed by atoms with E-state index in [0.29, 0.717) is 18.0 Å². The van der Waals surface area contributed by atoms with Crippen molar-refractivity contribution in [3.8, 4) is 0 Å². The molecule has 0 bridgehead atoms. The number of ether oxygens (including phenoxy) is 2. The van der Waals surface area contributed by atoms with E-state index in [4.69, 9.17) is 9.47 Å². The molecule has 0 aromatic carbocycles. The van der Waals surface area contributed by atoms with Gasteiger partial charge in [-0.2, -0.15) is 0 Å². The van der Waals surface area contributed by atoms with Crippen molar-refractivity contribution in [2.75, 3.05) is 52.6 Å². The number of hydrogen-bond acceptors (Lipinski definition) is 4. The molecule has 2 N–H and O–H groups in total. The smallest absolute Gasteiger partial charge is 0.191 e. The van der Waals surface area contributed by atoms with Gasteiger partial charge in [-0.15, -0.1) is 0 Å². The zero-order valence-electron chi connectivity index (χ0n) is 17.0. The molecule has 6 nitrogen and oxygen atoms in total. The predicted octanol–water partition coefficient (Wildman–Crippen LogP) is 2.10. The van der Waals surface area contributed by atoms with Crippen molar-refractivity contribution in [1.29, 1.82) is 0 Å². The van der Waals surface area contributed by atoms with Gasteiger partial charge in [0.15, 0.2) is 5.96 Å². The lowest BCUT2D eigenvalue weighted by molar-refractivity contribution is 0.0893. The highest BCUT2D eigenvalue weighted by molar-refractivity contribution is 5.79. The number of nitrogens with zero attached hydrogens (tertiary/aromatic N) is 2. The van der Waals surface area contributed by atoms with Crippen LogP contribution >= 0.6 is 0 Å². The predicted molar refractivity (Wildman–Crippen MR) is 105 cm³/mol. The first kappa shape index (κ1) is 22.2. The number of aliphatic imine (C=N–C) groups is 1. The monoisotopic (exact) mass is 356 g/mol. The molecule has 1 saturated heterocycles. The third-order valence-corrected chi connectivity index (χ3v) is 4.43. The van der Waals surface area contributed by atoms with Crippen molar-refractivity contribution in [2.24, 2.45) is 10.9 Å². The molecule has 0 spiro atoms. The molecule has 25 heavy (non-hydrogen) atoms. The van der Waals surface area contributed by atoms with E-state index < -0.39 is 0 Å². The maximum Gasteiger partial charge on any atom is 0.191 e. The van der Waals surface area contributed by atoms with Crippen LogP contribution in [0, 0.1) is 5.92 Å². The third kappa shape index (κ3) is 10.0. The van der Waals surface area contributed by atoms with Crippen molar-refractivity contribution in [1.82, 2.24) is 15.5 Å². The SMILES string of the molecule is CCNC(=NCCCOCC1CCOC1)NCCN(C(C)C)C(C)C. The van der Waals surface area contributed by atoms with Gasteiger partial charge in [-0.3, -0.25) is 9.89 Å². The lowest BCUT2D eigenvalue weighted by Gasteiger charge is -2.30. The van der Waals surface area contributed by atoms with Gasteiger partial charge in [0.05, 0.1) is 13.2 Å². The summed E-state index contributed by atoms with van der Waals surface area (Å²) in [7, 11) is 0. The van der Waals surface area contributed by atoms with E-state index in [1.54, 1.807) is 0 Å². The van der Waals surface area contributed by atoms with Gasteiger partial charge < -0.3 is 20.1 Å². The van der Waals surface area contributed by atoms with Crippen molar-refractivity contribution in [3.05, 3.63) is 0 Å². The molecule has 0 aromatic heterocycles.